The number of aryl methyl sites for hydroxylation is 1. The Balaban J connectivity index is 1.64. The highest BCUT2D eigenvalue weighted by molar-refractivity contribution is 5.75. The topological polar surface area (TPSA) is 91.1 Å². The first kappa shape index (κ1) is 19.1. The number of nitrogens with one attached hydrogen (secondary N) is 1. The third-order valence-electron chi connectivity index (χ3n) is 4.80. The minimum absolute atomic E-state index is 0.107. The molecule has 1 aliphatic rings. The third-order valence-corrected chi connectivity index (χ3v) is 4.80. The second-order valence-electron chi connectivity index (χ2n) is 6.70. The SMILES string of the molecule is CCn1c(=O)c2[nH]c(C=Cc3ccc(OC4COC4)c(F)c3)nc2n(CC)c1=O. The average Bonchev–Trinajstić information content (AvgIpc) is 3.09. The molecule has 0 saturated carbocycles. The molecule has 8 nitrogen and oxygen atoms in total. The third kappa shape index (κ3) is 3.49. The van der Waals surface area contributed by atoms with Gasteiger partial charge in [0.1, 0.15) is 17.4 Å². The Morgan fingerprint density at radius 3 is 2.62 bits per heavy atom. The van der Waals surface area contributed by atoms with E-state index >= 15 is 0 Å². The summed E-state index contributed by atoms with van der Waals surface area (Å²) in [7, 11) is 0. The van der Waals surface area contributed by atoms with Gasteiger partial charge in [-0.15, -0.1) is 0 Å². The summed E-state index contributed by atoms with van der Waals surface area (Å²) in [6.07, 6.45) is 3.20. The molecule has 3 aromatic rings. The number of hydrogen-bond acceptors (Lipinski definition) is 5. The highest BCUT2D eigenvalue weighted by Gasteiger charge is 2.21. The van der Waals surface area contributed by atoms with E-state index in [9.17, 15) is 14.0 Å². The van der Waals surface area contributed by atoms with E-state index in [0.717, 1.165) is 0 Å². The highest BCUT2D eigenvalue weighted by Crippen LogP contribution is 2.22. The van der Waals surface area contributed by atoms with Crippen molar-refractivity contribution in [3.63, 3.8) is 0 Å². The first-order valence-corrected chi connectivity index (χ1v) is 9.47. The summed E-state index contributed by atoms with van der Waals surface area (Å²) in [5.41, 5.74) is 0.398. The minimum atomic E-state index is -0.464. The van der Waals surface area contributed by atoms with Crippen molar-refractivity contribution in [2.24, 2.45) is 0 Å². The lowest BCUT2D eigenvalue weighted by Crippen LogP contribution is -2.39. The molecule has 1 aliphatic heterocycles. The van der Waals surface area contributed by atoms with Crippen LogP contribution in [0.3, 0.4) is 0 Å². The normalized spacial score (nSPS) is 14.6. The lowest BCUT2D eigenvalue weighted by molar-refractivity contribution is -0.0808. The maximum atomic E-state index is 14.2. The number of hydrogen-bond donors (Lipinski definition) is 1. The minimum Gasteiger partial charge on any atom is -0.483 e. The predicted molar refractivity (Wildman–Crippen MR) is 107 cm³/mol. The second-order valence-corrected chi connectivity index (χ2v) is 6.70. The molecule has 0 atom stereocenters. The van der Waals surface area contributed by atoms with E-state index in [1.165, 1.54) is 15.2 Å². The molecule has 1 N–H and O–H groups in total. The zero-order valence-electron chi connectivity index (χ0n) is 16.1. The number of rotatable bonds is 6. The molecular formula is C20H21FN4O4. The maximum absolute atomic E-state index is 14.2. The van der Waals surface area contributed by atoms with Gasteiger partial charge in [-0.3, -0.25) is 13.9 Å². The van der Waals surface area contributed by atoms with E-state index in [0.29, 0.717) is 36.8 Å². The maximum Gasteiger partial charge on any atom is 0.332 e. The fourth-order valence-corrected chi connectivity index (χ4v) is 3.18. The number of aromatic nitrogens is 4. The number of fused-ring (bicyclic) bond motifs is 1. The second kappa shape index (κ2) is 7.67. The van der Waals surface area contributed by atoms with Crippen molar-refractivity contribution < 1.29 is 13.9 Å². The summed E-state index contributed by atoms with van der Waals surface area (Å²) in [5.74, 6) is 0.125. The summed E-state index contributed by atoms with van der Waals surface area (Å²) >= 11 is 0. The molecule has 1 saturated heterocycles. The van der Waals surface area contributed by atoms with E-state index in [-0.39, 0.29) is 29.6 Å². The lowest BCUT2D eigenvalue weighted by Gasteiger charge is -2.26. The van der Waals surface area contributed by atoms with Crippen LogP contribution in [0.2, 0.25) is 0 Å². The zero-order valence-corrected chi connectivity index (χ0v) is 16.1. The first-order valence-electron chi connectivity index (χ1n) is 9.47. The number of ether oxygens (including phenoxy) is 2. The molecule has 0 amide bonds. The Morgan fingerprint density at radius 2 is 2.00 bits per heavy atom. The van der Waals surface area contributed by atoms with Gasteiger partial charge in [0.05, 0.1) is 13.2 Å². The Bertz CT molecular complexity index is 1200. The molecule has 0 aliphatic carbocycles. The number of imidazole rings is 1. The molecule has 152 valence electrons. The van der Waals surface area contributed by atoms with Crippen molar-refractivity contribution in [2.75, 3.05) is 13.2 Å². The molecule has 0 bridgehead atoms. The van der Waals surface area contributed by atoms with Crippen LogP contribution in [-0.4, -0.2) is 38.4 Å². The number of aromatic amines is 1. The van der Waals surface area contributed by atoms with Crippen molar-refractivity contribution >= 4 is 23.3 Å². The van der Waals surface area contributed by atoms with Gasteiger partial charge >= 0.3 is 5.69 Å². The molecule has 1 fully saturated rings. The van der Waals surface area contributed by atoms with E-state index in [1.54, 1.807) is 31.2 Å². The van der Waals surface area contributed by atoms with Crippen LogP contribution in [-0.2, 0) is 17.8 Å². The Morgan fingerprint density at radius 1 is 1.24 bits per heavy atom. The molecule has 2 aromatic heterocycles. The van der Waals surface area contributed by atoms with Crippen molar-refractivity contribution in [2.45, 2.75) is 33.0 Å². The van der Waals surface area contributed by atoms with Gasteiger partial charge in [0.25, 0.3) is 5.56 Å². The molecule has 0 radical (unpaired) electrons. The molecule has 0 unspecified atom stereocenters. The standard InChI is InChI=1S/C20H21FN4O4/c1-3-24-18-17(19(26)25(4-2)20(24)27)22-16(23-18)8-6-12-5-7-15(14(21)9-12)29-13-10-28-11-13/h5-9,13H,3-4,10-11H2,1-2H3,(H,22,23). The Labute approximate surface area is 165 Å². The predicted octanol–water partition coefficient (Wildman–Crippen LogP) is 2.01. The fourth-order valence-electron chi connectivity index (χ4n) is 3.18. The van der Waals surface area contributed by atoms with E-state index in [1.807, 2.05) is 6.92 Å². The van der Waals surface area contributed by atoms with Gasteiger partial charge < -0.3 is 14.5 Å². The molecule has 29 heavy (non-hydrogen) atoms. The molecule has 0 spiro atoms. The van der Waals surface area contributed by atoms with Gasteiger partial charge in [-0.25, -0.2) is 14.2 Å². The summed E-state index contributed by atoms with van der Waals surface area (Å²) in [4.78, 5) is 32.3. The summed E-state index contributed by atoms with van der Waals surface area (Å²) < 4.78 is 27.4. The van der Waals surface area contributed by atoms with Crippen LogP contribution in [0.5, 0.6) is 5.75 Å². The van der Waals surface area contributed by atoms with E-state index < -0.39 is 11.4 Å². The zero-order chi connectivity index (χ0) is 20.5. The van der Waals surface area contributed by atoms with Gasteiger partial charge in [-0.1, -0.05) is 12.1 Å². The molecule has 3 heterocycles. The fraction of sp³-hybridized carbons (Fsp3) is 0.350. The number of H-pyrrole nitrogens is 1. The number of halogens is 1. The molecule has 4 rings (SSSR count). The Hall–Kier alpha value is -3.20. The summed E-state index contributed by atoms with van der Waals surface area (Å²) in [5, 5.41) is 0. The quantitative estimate of drug-likeness (QED) is 0.684. The van der Waals surface area contributed by atoms with E-state index in [2.05, 4.69) is 9.97 Å². The number of nitrogens with zero attached hydrogens (tertiary/aromatic N) is 3. The molecule has 9 heteroatoms. The van der Waals surface area contributed by atoms with Crippen LogP contribution < -0.4 is 16.0 Å². The largest absolute Gasteiger partial charge is 0.483 e. The molecular weight excluding hydrogens is 379 g/mol. The van der Waals surface area contributed by atoms with Crippen LogP contribution in [0.15, 0.2) is 27.8 Å². The van der Waals surface area contributed by atoms with Crippen LogP contribution in [0.25, 0.3) is 23.3 Å². The van der Waals surface area contributed by atoms with Crippen LogP contribution >= 0.6 is 0 Å². The molecule has 1 aromatic carbocycles. The average molecular weight is 400 g/mol. The van der Waals surface area contributed by atoms with Crippen LogP contribution in [0, 0.1) is 5.82 Å². The van der Waals surface area contributed by atoms with Crippen LogP contribution in [0.1, 0.15) is 25.2 Å². The van der Waals surface area contributed by atoms with Gasteiger partial charge in [0.2, 0.25) is 0 Å². The summed E-state index contributed by atoms with van der Waals surface area (Å²) in [6.45, 7) is 5.16. The number of benzene rings is 1. The van der Waals surface area contributed by atoms with Crippen molar-refractivity contribution in [3.8, 4) is 5.75 Å². The highest BCUT2D eigenvalue weighted by atomic mass is 19.1. The van der Waals surface area contributed by atoms with Crippen LogP contribution in [0.4, 0.5) is 4.39 Å². The first-order chi connectivity index (χ1) is 14.0. The van der Waals surface area contributed by atoms with Gasteiger partial charge in [-0.2, -0.15) is 0 Å². The van der Waals surface area contributed by atoms with Gasteiger partial charge in [-0.05, 0) is 37.6 Å². The summed E-state index contributed by atoms with van der Waals surface area (Å²) in [6, 6.07) is 4.66. The van der Waals surface area contributed by atoms with Gasteiger partial charge in [0, 0.05) is 13.1 Å². The Kier molecular flexibility index (Phi) is 5.06. The van der Waals surface area contributed by atoms with E-state index in [4.69, 9.17) is 9.47 Å². The lowest BCUT2D eigenvalue weighted by atomic mass is 10.2. The monoisotopic (exact) mass is 400 g/mol. The van der Waals surface area contributed by atoms with Crippen molar-refractivity contribution in [1.82, 2.24) is 19.1 Å². The van der Waals surface area contributed by atoms with Gasteiger partial charge in [0.15, 0.2) is 17.2 Å². The van der Waals surface area contributed by atoms with Crippen molar-refractivity contribution in [1.29, 1.82) is 0 Å². The van der Waals surface area contributed by atoms with Crippen molar-refractivity contribution in [3.05, 3.63) is 56.2 Å². The smallest absolute Gasteiger partial charge is 0.332 e.